The second kappa shape index (κ2) is 5.77. The molecule has 1 atom stereocenters. The maximum absolute atomic E-state index is 10.9. The van der Waals surface area contributed by atoms with Gasteiger partial charge in [0.1, 0.15) is 0 Å². The van der Waals surface area contributed by atoms with Crippen LogP contribution in [0.1, 0.15) is 19.4 Å². The number of halogens is 2. The fourth-order valence-corrected chi connectivity index (χ4v) is 2.10. The average Bonchev–Trinajstić information content (AvgIpc) is 2.16. The molecule has 0 amide bonds. The Morgan fingerprint density at radius 3 is 2.56 bits per heavy atom. The van der Waals surface area contributed by atoms with Gasteiger partial charge in [0.25, 0.3) is 5.69 Å². The summed E-state index contributed by atoms with van der Waals surface area (Å²) in [5.74, 6) is 0.443. The van der Waals surface area contributed by atoms with Crippen LogP contribution in [-0.4, -0.2) is 9.75 Å². The van der Waals surface area contributed by atoms with E-state index in [0.29, 0.717) is 12.3 Å². The molecule has 0 N–H and O–H groups in total. The Balaban J connectivity index is 3.01. The molecule has 0 heterocycles. The number of rotatable bonds is 4. The summed E-state index contributed by atoms with van der Waals surface area (Å²) in [6, 6.07) is 5.05. The molecule has 0 aliphatic carbocycles. The second-order valence-corrected chi connectivity index (χ2v) is 6.09. The van der Waals surface area contributed by atoms with E-state index >= 15 is 0 Å². The van der Waals surface area contributed by atoms with Crippen molar-refractivity contribution in [2.75, 3.05) is 0 Å². The van der Waals surface area contributed by atoms with Crippen LogP contribution >= 0.6 is 31.9 Å². The molecule has 0 aliphatic heterocycles. The van der Waals surface area contributed by atoms with Crippen LogP contribution in [0.25, 0.3) is 0 Å². The molecule has 0 saturated carbocycles. The lowest BCUT2D eigenvalue weighted by Gasteiger charge is -2.13. The summed E-state index contributed by atoms with van der Waals surface area (Å²) in [4.78, 5) is 10.8. The Morgan fingerprint density at radius 1 is 1.44 bits per heavy atom. The zero-order chi connectivity index (χ0) is 12.3. The van der Waals surface area contributed by atoms with Gasteiger partial charge in [0.15, 0.2) is 0 Å². The number of hydrogen-bond donors (Lipinski definition) is 0. The van der Waals surface area contributed by atoms with Crippen molar-refractivity contribution in [1.29, 1.82) is 0 Å². The van der Waals surface area contributed by atoms with E-state index in [9.17, 15) is 10.1 Å². The molecule has 3 nitrogen and oxygen atoms in total. The van der Waals surface area contributed by atoms with Crippen molar-refractivity contribution in [2.45, 2.75) is 25.1 Å². The van der Waals surface area contributed by atoms with Gasteiger partial charge in [-0.2, -0.15) is 0 Å². The maximum Gasteiger partial charge on any atom is 0.272 e. The van der Waals surface area contributed by atoms with E-state index in [0.717, 1.165) is 10.0 Å². The van der Waals surface area contributed by atoms with Crippen LogP contribution in [0.5, 0.6) is 0 Å². The molecule has 0 bridgehead atoms. The molecule has 1 aromatic carbocycles. The lowest BCUT2D eigenvalue weighted by molar-refractivity contribution is -0.385. The standard InChI is InChI=1S/C11H13Br2NO2/c1-7(2)10(13)6-8-5-9(12)3-4-11(8)14(15)16/h3-5,7,10H,6H2,1-2H3. The highest BCUT2D eigenvalue weighted by Gasteiger charge is 2.18. The predicted molar refractivity (Wildman–Crippen MR) is 72.1 cm³/mol. The van der Waals surface area contributed by atoms with E-state index in [-0.39, 0.29) is 15.4 Å². The second-order valence-electron chi connectivity index (χ2n) is 3.99. The number of hydrogen-bond acceptors (Lipinski definition) is 2. The lowest BCUT2D eigenvalue weighted by atomic mass is 10.0. The Hall–Kier alpha value is -0.420. The minimum atomic E-state index is -0.332. The zero-order valence-corrected chi connectivity index (χ0v) is 12.3. The summed E-state index contributed by atoms with van der Waals surface area (Å²) in [5.41, 5.74) is 0.947. The Bertz CT molecular complexity index is 394. The van der Waals surface area contributed by atoms with Gasteiger partial charge in [-0.1, -0.05) is 45.7 Å². The van der Waals surface area contributed by atoms with E-state index in [2.05, 4.69) is 45.7 Å². The van der Waals surface area contributed by atoms with Gasteiger partial charge in [-0.25, -0.2) is 0 Å². The molecule has 88 valence electrons. The van der Waals surface area contributed by atoms with E-state index < -0.39 is 0 Å². The highest BCUT2D eigenvalue weighted by atomic mass is 79.9. The fraction of sp³-hybridized carbons (Fsp3) is 0.455. The van der Waals surface area contributed by atoms with Crippen LogP contribution in [0.3, 0.4) is 0 Å². The molecule has 16 heavy (non-hydrogen) atoms. The first-order chi connectivity index (χ1) is 7.41. The van der Waals surface area contributed by atoms with Crippen molar-refractivity contribution in [1.82, 2.24) is 0 Å². The van der Waals surface area contributed by atoms with Crippen molar-refractivity contribution < 1.29 is 4.92 Å². The first-order valence-electron chi connectivity index (χ1n) is 4.98. The largest absolute Gasteiger partial charge is 0.272 e. The van der Waals surface area contributed by atoms with Crippen molar-refractivity contribution in [3.05, 3.63) is 38.3 Å². The Labute approximate surface area is 112 Å². The molecule has 0 aliphatic rings. The van der Waals surface area contributed by atoms with Gasteiger partial charge >= 0.3 is 0 Å². The van der Waals surface area contributed by atoms with Crippen LogP contribution in [0.4, 0.5) is 5.69 Å². The van der Waals surface area contributed by atoms with E-state index in [4.69, 9.17) is 0 Å². The molecule has 0 radical (unpaired) electrons. The number of nitro benzene ring substituents is 1. The molecule has 0 fully saturated rings. The highest BCUT2D eigenvalue weighted by Crippen LogP contribution is 2.27. The monoisotopic (exact) mass is 349 g/mol. The van der Waals surface area contributed by atoms with E-state index in [1.807, 2.05) is 6.07 Å². The SMILES string of the molecule is CC(C)C(Br)Cc1cc(Br)ccc1[N+](=O)[O-]. The van der Waals surface area contributed by atoms with Crippen LogP contribution in [0, 0.1) is 16.0 Å². The van der Waals surface area contributed by atoms with Crippen LogP contribution in [-0.2, 0) is 6.42 Å². The summed E-state index contributed by atoms with van der Waals surface area (Å²) in [6.45, 7) is 4.17. The number of benzene rings is 1. The molecule has 1 aromatic rings. The predicted octanol–water partition coefficient (Wildman–Crippen LogP) is 4.32. The lowest BCUT2D eigenvalue weighted by Crippen LogP contribution is -2.11. The number of nitrogens with zero attached hydrogens (tertiary/aromatic N) is 1. The Kier molecular flexibility index (Phi) is 4.92. The van der Waals surface area contributed by atoms with Gasteiger partial charge in [0, 0.05) is 20.9 Å². The van der Waals surface area contributed by atoms with Gasteiger partial charge < -0.3 is 0 Å². The zero-order valence-electron chi connectivity index (χ0n) is 9.11. The van der Waals surface area contributed by atoms with Crippen molar-refractivity contribution >= 4 is 37.5 Å². The van der Waals surface area contributed by atoms with Gasteiger partial charge in [-0.15, -0.1) is 0 Å². The molecule has 0 spiro atoms. The third-order valence-electron chi connectivity index (χ3n) is 2.38. The normalized spacial score (nSPS) is 12.8. The molecule has 0 saturated heterocycles. The molecular formula is C11H13Br2NO2. The summed E-state index contributed by atoms with van der Waals surface area (Å²) in [6.07, 6.45) is 0.660. The molecule has 1 rings (SSSR count). The summed E-state index contributed by atoms with van der Waals surface area (Å²) < 4.78 is 0.872. The highest BCUT2D eigenvalue weighted by molar-refractivity contribution is 9.10. The Morgan fingerprint density at radius 2 is 2.06 bits per heavy atom. The first kappa shape index (κ1) is 13.6. The molecule has 5 heteroatoms. The van der Waals surface area contributed by atoms with E-state index in [1.165, 1.54) is 0 Å². The summed E-state index contributed by atoms with van der Waals surface area (Å²) in [7, 11) is 0. The van der Waals surface area contributed by atoms with Crippen molar-refractivity contribution in [2.24, 2.45) is 5.92 Å². The summed E-state index contributed by atoms with van der Waals surface area (Å²) >= 11 is 6.88. The van der Waals surface area contributed by atoms with Crippen LogP contribution in [0.15, 0.2) is 22.7 Å². The quantitative estimate of drug-likeness (QED) is 0.461. The van der Waals surface area contributed by atoms with Crippen molar-refractivity contribution in [3.8, 4) is 0 Å². The smallest absolute Gasteiger partial charge is 0.258 e. The molecule has 0 aromatic heterocycles. The number of nitro groups is 1. The van der Waals surface area contributed by atoms with Crippen LogP contribution in [0.2, 0.25) is 0 Å². The summed E-state index contributed by atoms with van der Waals surface area (Å²) in [5, 5.41) is 10.9. The van der Waals surface area contributed by atoms with Gasteiger partial charge in [0.2, 0.25) is 0 Å². The fourth-order valence-electron chi connectivity index (χ4n) is 1.34. The van der Waals surface area contributed by atoms with Gasteiger partial charge in [-0.3, -0.25) is 10.1 Å². The molecular weight excluding hydrogens is 338 g/mol. The van der Waals surface area contributed by atoms with E-state index in [1.54, 1.807) is 12.1 Å². The van der Waals surface area contributed by atoms with Crippen LogP contribution < -0.4 is 0 Å². The minimum absolute atomic E-state index is 0.188. The van der Waals surface area contributed by atoms with Crippen molar-refractivity contribution in [3.63, 3.8) is 0 Å². The minimum Gasteiger partial charge on any atom is -0.258 e. The van der Waals surface area contributed by atoms with Gasteiger partial charge in [-0.05, 0) is 24.5 Å². The van der Waals surface area contributed by atoms with Gasteiger partial charge in [0.05, 0.1) is 4.92 Å². The first-order valence-corrected chi connectivity index (χ1v) is 6.69. The topological polar surface area (TPSA) is 43.1 Å². The average molecular weight is 351 g/mol. The number of alkyl halides is 1. The third kappa shape index (κ3) is 3.56. The maximum atomic E-state index is 10.9. The third-order valence-corrected chi connectivity index (χ3v) is 4.25. The molecule has 1 unspecified atom stereocenters.